The molecule has 0 unspecified atom stereocenters. The van der Waals surface area contributed by atoms with Gasteiger partial charge in [-0.25, -0.2) is 4.79 Å². The monoisotopic (exact) mass is 315 g/mol. The first-order valence-electron chi connectivity index (χ1n) is 5.96. The van der Waals surface area contributed by atoms with Crippen LogP contribution in [0.4, 0.5) is 0 Å². The molecule has 0 saturated carbocycles. The Morgan fingerprint density at radius 1 is 1.45 bits per heavy atom. The van der Waals surface area contributed by atoms with Gasteiger partial charge in [-0.1, -0.05) is 23.2 Å². The van der Waals surface area contributed by atoms with Gasteiger partial charge in [0, 0.05) is 16.3 Å². The lowest BCUT2D eigenvalue weighted by atomic mass is 10.2. The van der Waals surface area contributed by atoms with Crippen molar-refractivity contribution in [2.24, 2.45) is 4.99 Å². The zero-order valence-electron chi connectivity index (χ0n) is 11.2. The second-order valence-electron chi connectivity index (χ2n) is 3.93. The minimum absolute atomic E-state index is 0.0185. The molecule has 1 rings (SSSR count). The fourth-order valence-corrected chi connectivity index (χ4v) is 1.77. The van der Waals surface area contributed by atoms with E-state index in [0.717, 1.165) is 5.56 Å². The highest BCUT2D eigenvalue weighted by Gasteiger charge is 2.11. The van der Waals surface area contributed by atoms with E-state index >= 15 is 0 Å². The number of aliphatic hydroxyl groups excluding tert-OH is 1. The van der Waals surface area contributed by atoms with Gasteiger partial charge in [0.05, 0.1) is 13.2 Å². The summed E-state index contributed by atoms with van der Waals surface area (Å²) in [5.41, 5.74) is 0.749. The van der Waals surface area contributed by atoms with Gasteiger partial charge < -0.3 is 9.84 Å². The molecule has 0 heterocycles. The molecule has 0 amide bonds. The van der Waals surface area contributed by atoms with Gasteiger partial charge in [0.15, 0.2) is 0 Å². The number of aliphatic hydroxyl groups is 1. The number of hydrogen-bond donors (Lipinski definition) is 1. The summed E-state index contributed by atoms with van der Waals surface area (Å²) in [7, 11) is 0. The molecule has 0 bridgehead atoms. The van der Waals surface area contributed by atoms with Gasteiger partial charge in [-0.3, -0.25) is 4.99 Å². The molecular formula is C14H15Cl2NO3. The fraction of sp³-hybridized carbons (Fsp3) is 0.286. The minimum Gasteiger partial charge on any atom is -0.512 e. The van der Waals surface area contributed by atoms with Crippen molar-refractivity contribution in [1.82, 2.24) is 0 Å². The number of nitrogens with zero attached hydrogens (tertiary/aromatic N) is 1. The third-order valence-corrected chi connectivity index (χ3v) is 2.98. The molecule has 0 fully saturated rings. The standard InChI is InChI=1S/C14H15Cl2NO3/c1-3-20-14(19)12(9(2)18)8-17-7-10-6-11(15)4-5-13(10)16/h4-6,8,18H,3,7H2,1-2H3/b12-9-,17-8?. The summed E-state index contributed by atoms with van der Waals surface area (Å²) in [5.74, 6) is -0.766. The summed E-state index contributed by atoms with van der Waals surface area (Å²) >= 11 is 11.9. The van der Waals surface area contributed by atoms with Gasteiger partial charge in [0.2, 0.25) is 0 Å². The largest absolute Gasteiger partial charge is 0.512 e. The van der Waals surface area contributed by atoms with E-state index in [1.807, 2.05) is 0 Å². The molecule has 108 valence electrons. The van der Waals surface area contributed by atoms with Crippen LogP contribution in [0.5, 0.6) is 0 Å². The van der Waals surface area contributed by atoms with E-state index in [1.165, 1.54) is 13.1 Å². The normalized spacial score (nSPS) is 12.4. The molecule has 1 N–H and O–H groups in total. The Bertz CT molecular complexity index is 549. The Morgan fingerprint density at radius 3 is 2.75 bits per heavy atom. The molecule has 0 aliphatic heterocycles. The number of allylic oxidation sites excluding steroid dienone is 1. The van der Waals surface area contributed by atoms with Crippen molar-refractivity contribution in [3.63, 3.8) is 0 Å². The number of halogens is 2. The molecule has 0 saturated heterocycles. The molecule has 20 heavy (non-hydrogen) atoms. The van der Waals surface area contributed by atoms with Crippen molar-refractivity contribution >= 4 is 35.4 Å². The number of hydrogen-bond acceptors (Lipinski definition) is 4. The van der Waals surface area contributed by atoms with Crippen LogP contribution in [0, 0.1) is 0 Å². The van der Waals surface area contributed by atoms with Gasteiger partial charge in [-0.05, 0) is 37.6 Å². The lowest BCUT2D eigenvalue weighted by Gasteiger charge is -2.04. The molecule has 0 aromatic heterocycles. The summed E-state index contributed by atoms with van der Waals surface area (Å²) in [5, 5.41) is 10.5. The molecule has 0 radical (unpaired) electrons. The molecule has 0 atom stereocenters. The van der Waals surface area contributed by atoms with Crippen molar-refractivity contribution in [2.75, 3.05) is 6.61 Å². The van der Waals surface area contributed by atoms with Crippen LogP contribution in [-0.4, -0.2) is 23.9 Å². The Kier molecular flexibility index (Phi) is 6.55. The zero-order valence-corrected chi connectivity index (χ0v) is 12.7. The lowest BCUT2D eigenvalue weighted by molar-refractivity contribution is -0.138. The summed E-state index contributed by atoms with van der Waals surface area (Å²) in [6.45, 7) is 3.55. The van der Waals surface area contributed by atoms with Crippen LogP contribution in [0.15, 0.2) is 34.5 Å². The lowest BCUT2D eigenvalue weighted by Crippen LogP contribution is -2.10. The number of rotatable bonds is 5. The van der Waals surface area contributed by atoms with E-state index in [4.69, 9.17) is 27.9 Å². The highest BCUT2D eigenvalue weighted by Crippen LogP contribution is 2.21. The smallest absolute Gasteiger partial charge is 0.343 e. The average molecular weight is 316 g/mol. The molecule has 1 aromatic carbocycles. The summed E-state index contributed by atoms with van der Waals surface area (Å²) in [6, 6.07) is 5.05. The first-order chi connectivity index (χ1) is 9.45. The predicted molar refractivity (Wildman–Crippen MR) is 80.6 cm³/mol. The molecule has 0 aliphatic carbocycles. The summed E-state index contributed by atoms with van der Waals surface area (Å²) < 4.78 is 4.82. The van der Waals surface area contributed by atoms with E-state index in [2.05, 4.69) is 4.99 Å². The van der Waals surface area contributed by atoms with Crippen molar-refractivity contribution in [3.05, 3.63) is 45.1 Å². The Balaban J connectivity index is 2.83. The molecular weight excluding hydrogens is 301 g/mol. The topological polar surface area (TPSA) is 58.9 Å². The average Bonchev–Trinajstić information content (AvgIpc) is 2.38. The van der Waals surface area contributed by atoms with Gasteiger partial charge >= 0.3 is 5.97 Å². The minimum atomic E-state index is -0.617. The van der Waals surface area contributed by atoms with Crippen molar-refractivity contribution in [1.29, 1.82) is 0 Å². The predicted octanol–water partition coefficient (Wildman–Crippen LogP) is 3.96. The second-order valence-corrected chi connectivity index (χ2v) is 4.77. The van der Waals surface area contributed by atoms with Gasteiger partial charge in [-0.15, -0.1) is 0 Å². The van der Waals surface area contributed by atoms with Crippen LogP contribution >= 0.6 is 23.2 Å². The van der Waals surface area contributed by atoms with Crippen LogP contribution in [-0.2, 0) is 16.1 Å². The highest BCUT2D eigenvalue weighted by atomic mass is 35.5. The van der Waals surface area contributed by atoms with Crippen molar-refractivity contribution < 1.29 is 14.6 Å². The first kappa shape index (κ1) is 16.5. The summed E-state index contributed by atoms with van der Waals surface area (Å²) in [4.78, 5) is 15.7. The van der Waals surface area contributed by atoms with Crippen molar-refractivity contribution in [2.45, 2.75) is 20.4 Å². The van der Waals surface area contributed by atoms with Crippen LogP contribution in [0.1, 0.15) is 19.4 Å². The number of carbonyl (C=O) groups is 1. The molecule has 6 heteroatoms. The second kappa shape index (κ2) is 7.92. The Morgan fingerprint density at radius 2 is 2.15 bits per heavy atom. The zero-order chi connectivity index (χ0) is 15.1. The molecule has 0 aliphatic rings. The summed E-state index contributed by atoms with van der Waals surface area (Å²) in [6.07, 6.45) is 1.27. The van der Waals surface area contributed by atoms with E-state index in [-0.39, 0.29) is 24.5 Å². The van der Waals surface area contributed by atoms with Crippen LogP contribution in [0.3, 0.4) is 0 Å². The molecule has 1 aromatic rings. The number of carbonyl (C=O) groups excluding carboxylic acids is 1. The number of ether oxygens (including phenoxy) is 1. The number of esters is 1. The molecule has 0 spiro atoms. The van der Waals surface area contributed by atoms with E-state index in [0.29, 0.717) is 10.0 Å². The maximum Gasteiger partial charge on any atom is 0.343 e. The SMILES string of the molecule is CCOC(=O)/C(C=NCc1cc(Cl)ccc1Cl)=C(/C)O. The third kappa shape index (κ3) is 4.87. The van der Waals surface area contributed by atoms with E-state index in [1.54, 1.807) is 25.1 Å². The maximum absolute atomic E-state index is 11.6. The first-order valence-corrected chi connectivity index (χ1v) is 6.72. The Hall–Kier alpha value is -1.52. The van der Waals surface area contributed by atoms with E-state index < -0.39 is 5.97 Å². The fourth-order valence-electron chi connectivity index (χ4n) is 1.40. The highest BCUT2D eigenvalue weighted by molar-refractivity contribution is 6.33. The quantitative estimate of drug-likeness (QED) is 0.387. The van der Waals surface area contributed by atoms with Crippen LogP contribution in [0.2, 0.25) is 10.0 Å². The molecule has 4 nitrogen and oxygen atoms in total. The maximum atomic E-state index is 11.6. The van der Waals surface area contributed by atoms with Gasteiger partial charge in [0.25, 0.3) is 0 Å². The van der Waals surface area contributed by atoms with Crippen molar-refractivity contribution in [3.8, 4) is 0 Å². The Labute approximate surface area is 127 Å². The van der Waals surface area contributed by atoms with Crippen LogP contribution < -0.4 is 0 Å². The van der Waals surface area contributed by atoms with Crippen LogP contribution in [0.25, 0.3) is 0 Å². The van der Waals surface area contributed by atoms with Gasteiger partial charge in [-0.2, -0.15) is 0 Å². The number of benzene rings is 1. The third-order valence-electron chi connectivity index (χ3n) is 2.37. The number of aliphatic imine (C=N–C) groups is 1. The van der Waals surface area contributed by atoms with Gasteiger partial charge in [0.1, 0.15) is 11.3 Å². The van der Waals surface area contributed by atoms with E-state index in [9.17, 15) is 9.90 Å².